The van der Waals surface area contributed by atoms with E-state index in [9.17, 15) is 5.11 Å². The van der Waals surface area contributed by atoms with Gasteiger partial charge < -0.3 is 9.84 Å². The molecule has 0 bridgehead atoms. The van der Waals surface area contributed by atoms with E-state index in [1.165, 1.54) is 5.56 Å². The number of phenols is 1. The van der Waals surface area contributed by atoms with Crippen LogP contribution in [0.5, 0.6) is 11.5 Å². The Morgan fingerprint density at radius 2 is 1.89 bits per heavy atom. The molecule has 0 saturated heterocycles. The second-order valence-corrected chi connectivity index (χ2v) is 6.32. The number of benzene rings is 1. The number of hydrogen-bond donors (Lipinski definition) is 1. The topological polar surface area (TPSA) is 29.5 Å². The maximum Gasteiger partial charge on any atom is 0.127 e. The minimum absolute atomic E-state index is 0.0862. The summed E-state index contributed by atoms with van der Waals surface area (Å²) in [7, 11) is 0. The Kier molecular flexibility index (Phi) is 3.63. The van der Waals surface area contributed by atoms with Crippen molar-refractivity contribution in [1.82, 2.24) is 0 Å². The van der Waals surface area contributed by atoms with Gasteiger partial charge in [0.25, 0.3) is 0 Å². The largest absolute Gasteiger partial charge is 0.507 e. The van der Waals surface area contributed by atoms with Crippen LogP contribution in [-0.4, -0.2) is 16.0 Å². The summed E-state index contributed by atoms with van der Waals surface area (Å²) < 4.78 is 6.27. The summed E-state index contributed by atoms with van der Waals surface area (Å²) in [6, 6.07) is 0. The van der Waals surface area contributed by atoms with E-state index in [0.717, 1.165) is 47.0 Å². The maximum atomic E-state index is 10.1. The van der Waals surface area contributed by atoms with Gasteiger partial charge in [0.1, 0.15) is 17.1 Å². The first-order valence-corrected chi connectivity index (χ1v) is 7.58. The fourth-order valence-corrected chi connectivity index (χ4v) is 3.51. The molecule has 0 spiro atoms. The highest BCUT2D eigenvalue weighted by molar-refractivity contribution is 9.09. The van der Waals surface area contributed by atoms with Crippen LogP contribution in [0.3, 0.4) is 0 Å². The highest BCUT2D eigenvalue weighted by atomic mass is 79.9. The van der Waals surface area contributed by atoms with Gasteiger partial charge in [-0.2, -0.15) is 0 Å². The first-order chi connectivity index (χ1) is 8.39. The van der Waals surface area contributed by atoms with Crippen LogP contribution < -0.4 is 4.74 Å². The summed E-state index contributed by atoms with van der Waals surface area (Å²) in [5.41, 5.74) is 4.09. The first kappa shape index (κ1) is 13.7. The van der Waals surface area contributed by atoms with Gasteiger partial charge in [0.2, 0.25) is 0 Å². The number of ether oxygens (including phenoxy) is 1. The molecule has 100 valence electrons. The van der Waals surface area contributed by atoms with Crippen molar-refractivity contribution in [3.8, 4) is 11.5 Å². The van der Waals surface area contributed by atoms with Gasteiger partial charge in [0, 0.05) is 10.9 Å². The molecule has 0 fully saturated rings. The fraction of sp³-hybridized carbons (Fsp3) is 0.600. The highest BCUT2D eigenvalue weighted by Gasteiger charge is 2.33. The van der Waals surface area contributed by atoms with Crippen molar-refractivity contribution < 1.29 is 9.84 Å². The minimum Gasteiger partial charge on any atom is -0.507 e. The van der Waals surface area contributed by atoms with Gasteiger partial charge in [0.05, 0.1) is 0 Å². The molecule has 1 aromatic carbocycles. The van der Waals surface area contributed by atoms with Gasteiger partial charge in [-0.3, -0.25) is 0 Å². The third-order valence-electron chi connectivity index (χ3n) is 4.22. The van der Waals surface area contributed by atoms with Crippen LogP contribution in [0.4, 0.5) is 0 Å². The third-order valence-corrected chi connectivity index (χ3v) is 4.61. The molecule has 1 heterocycles. The second kappa shape index (κ2) is 4.76. The van der Waals surface area contributed by atoms with Crippen LogP contribution in [-0.2, 0) is 6.42 Å². The van der Waals surface area contributed by atoms with E-state index in [-0.39, 0.29) is 5.60 Å². The monoisotopic (exact) mass is 312 g/mol. The molecule has 1 aliphatic rings. The summed E-state index contributed by atoms with van der Waals surface area (Å²) in [5, 5.41) is 11.1. The molecule has 0 radical (unpaired) electrons. The number of alkyl halides is 1. The summed E-state index contributed by atoms with van der Waals surface area (Å²) in [5.74, 6) is 1.43. The predicted octanol–water partition coefficient (Wildman–Crippen LogP) is 4.19. The number of fused-ring (bicyclic) bond motifs is 1. The maximum absolute atomic E-state index is 10.1. The molecule has 2 rings (SSSR count). The van der Waals surface area contributed by atoms with Crippen molar-refractivity contribution in [2.45, 2.75) is 52.6 Å². The van der Waals surface area contributed by atoms with Crippen LogP contribution in [0.25, 0.3) is 0 Å². The lowest BCUT2D eigenvalue weighted by molar-refractivity contribution is 0.0613. The summed E-state index contributed by atoms with van der Waals surface area (Å²) in [6.07, 6.45) is 3.00. The van der Waals surface area contributed by atoms with E-state index in [1.54, 1.807) is 0 Å². The quantitative estimate of drug-likeness (QED) is 0.830. The van der Waals surface area contributed by atoms with Crippen LogP contribution in [0, 0.1) is 20.8 Å². The number of hydrogen-bond acceptors (Lipinski definition) is 2. The van der Waals surface area contributed by atoms with E-state index in [0.29, 0.717) is 5.75 Å². The molecule has 1 aromatic rings. The SMILES string of the molecule is Cc1c(C)c2c(c(C)c1O)CCC(C)(CCBr)O2. The fourth-order valence-electron chi connectivity index (χ4n) is 2.67. The molecule has 18 heavy (non-hydrogen) atoms. The lowest BCUT2D eigenvalue weighted by atomic mass is 9.86. The van der Waals surface area contributed by atoms with Gasteiger partial charge in [-0.25, -0.2) is 0 Å². The zero-order chi connectivity index (χ0) is 13.5. The smallest absolute Gasteiger partial charge is 0.127 e. The van der Waals surface area contributed by atoms with Gasteiger partial charge in [-0.1, -0.05) is 15.9 Å². The zero-order valence-corrected chi connectivity index (χ0v) is 13.1. The number of aromatic hydroxyl groups is 1. The van der Waals surface area contributed by atoms with Crippen molar-refractivity contribution in [2.24, 2.45) is 0 Å². The van der Waals surface area contributed by atoms with Crippen molar-refractivity contribution >= 4 is 15.9 Å². The van der Waals surface area contributed by atoms with E-state index >= 15 is 0 Å². The van der Waals surface area contributed by atoms with Crippen LogP contribution in [0.1, 0.15) is 42.0 Å². The zero-order valence-electron chi connectivity index (χ0n) is 11.6. The van der Waals surface area contributed by atoms with Crippen LogP contribution >= 0.6 is 15.9 Å². The van der Waals surface area contributed by atoms with E-state index in [2.05, 4.69) is 22.9 Å². The molecule has 0 aromatic heterocycles. The molecule has 0 saturated carbocycles. The molecule has 2 nitrogen and oxygen atoms in total. The van der Waals surface area contributed by atoms with Gasteiger partial charge in [0.15, 0.2) is 0 Å². The van der Waals surface area contributed by atoms with Crippen molar-refractivity contribution in [1.29, 1.82) is 0 Å². The Labute approximate surface area is 117 Å². The Balaban J connectivity index is 2.50. The van der Waals surface area contributed by atoms with Crippen LogP contribution in [0.2, 0.25) is 0 Å². The Morgan fingerprint density at radius 1 is 1.22 bits per heavy atom. The van der Waals surface area contributed by atoms with Gasteiger partial charge >= 0.3 is 0 Å². The van der Waals surface area contributed by atoms with Crippen molar-refractivity contribution in [3.05, 3.63) is 22.3 Å². The van der Waals surface area contributed by atoms with E-state index < -0.39 is 0 Å². The molecule has 1 unspecified atom stereocenters. The van der Waals surface area contributed by atoms with E-state index in [1.807, 2.05) is 20.8 Å². The number of phenolic OH excluding ortho intramolecular Hbond substituents is 1. The molecule has 0 aliphatic carbocycles. The molecule has 3 heteroatoms. The molecule has 1 aliphatic heterocycles. The van der Waals surface area contributed by atoms with Gasteiger partial charge in [-0.05, 0) is 63.6 Å². The standard InChI is InChI=1S/C15H21BrO2/c1-9-10(2)14-12(11(3)13(9)17)5-6-15(4,18-14)7-8-16/h17H,5-8H2,1-4H3. The van der Waals surface area contributed by atoms with Crippen molar-refractivity contribution in [2.75, 3.05) is 5.33 Å². The Hall–Kier alpha value is -0.700. The molecule has 0 amide bonds. The predicted molar refractivity (Wildman–Crippen MR) is 78.1 cm³/mol. The summed E-state index contributed by atoms with van der Waals surface area (Å²) >= 11 is 3.50. The molecular formula is C15H21BrO2. The van der Waals surface area contributed by atoms with Crippen molar-refractivity contribution in [3.63, 3.8) is 0 Å². The minimum atomic E-state index is -0.0862. The van der Waals surface area contributed by atoms with E-state index in [4.69, 9.17) is 4.74 Å². The van der Waals surface area contributed by atoms with Crippen LogP contribution in [0.15, 0.2) is 0 Å². The summed E-state index contributed by atoms with van der Waals surface area (Å²) in [4.78, 5) is 0. The molecule has 1 atom stereocenters. The average molecular weight is 313 g/mol. The average Bonchev–Trinajstić information content (AvgIpc) is 2.34. The second-order valence-electron chi connectivity index (χ2n) is 5.52. The molecular weight excluding hydrogens is 292 g/mol. The van der Waals surface area contributed by atoms with Gasteiger partial charge in [-0.15, -0.1) is 0 Å². The summed E-state index contributed by atoms with van der Waals surface area (Å²) in [6.45, 7) is 8.15. The third kappa shape index (κ3) is 2.13. The lowest BCUT2D eigenvalue weighted by Gasteiger charge is -2.37. The highest BCUT2D eigenvalue weighted by Crippen LogP contribution is 2.44. The molecule has 1 N–H and O–H groups in total. The lowest BCUT2D eigenvalue weighted by Crippen LogP contribution is -2.37. The number of halogens is 1. The Morgan fingerprint density at radius 3 is 2.50 bits per heavy atom. The Bertz CT molecular complexity index is 482. The normalized spacial score (nSPS) is 22.5. The number of rotatable bonds is 2. The first-order valence-electron chi connectivity index (χ1n) is 6.46.